The second kappa shape index (κ2) is 7.94. The first-order valence-electron chi connectivity index (χ1n) is 10.4. The van der Waals surface area contributed by atoms with Crippen molar-refractivity contribution in [2.24, 2.45) is 7.05 Å². The zero-order valence-corrected chi connectivity index (χ0v) is 16.7. The van der Waals surface area contributed by atoms with Crippen molar-refractivity contribution in [2.45, 2.75) is 37.7 Å². The summed E-state index contributed by atoms with van der Waals surface area (Å²) < 4.78 is 13.7. The molecule has 3 aromatic heterocycles. The highest BCUT2D eigenvalue weighted by Crippen LogP contribution is 2.35. The van der Waals surface area contributed by atoms with E-state index in [0.29, 0.717) is 11.8 Å². The monoisotopic (exact) mass is 394 g/mol. The first kappa shape index (κ1) is 18.3. The number of nitrogens with zero attached hydrogens (tertiary/aromatic N) is 6. The van der Waals surface area contributed by atoms with Crippen molar-refractivity contribution in [3.63, 3.8) is 0 Å². The molecule has 0 unspecified atom stereocenters. The SMILES string of the molecule is Cn1cnc(C2CCC(Oc3nc(N4CCOCC4)cc4ncccc34)CC2)n1. The van der Waals surface area contributed by atoms with Crippen LogP contribution in [0.4, 0.5) is 5.82 Å². The van der Waals surface area contributed by atoms with Crippen LogP contribution in [0.1, 0.15) is 37.4 Å². The molecule has 8 nitrogen and oxygen atoms in total. The molecule has 5 rings (SSSR count). The topological polar surface area (TPSA) is 78.2 Å². The Kier molecular flexibility index (Phi) is 5.01. The first-order valence-corrected chi connectivity index (χ1v) is 10.4. The first-order chi connectivity index (χ1) is 14.3. The van der Waals surface area contributed by atoms with Crippen LogP contribution < -0.4 is 9.64 Å². The average molecular weight is 394 g/mol. The van der Waals surface area contributed by atoms with E-state index in [4.69, 9.17) is 14.5 Å². The quantitative estimate of drug-likeness (QED) is 0.673. The van der Waals surface area contributed by atoms with Crippen LogP contribution >= 0.6 is 0 Å². The Bertz CT molecular complexity index is 976. The van der Waals surface area contributed by atoms with E-state index in [1.54, 1.807) is 11.0 Å². The molecule has 29 heavy (non-hydrogen) atoms. The summed E-state index contributed by atoms with van der Waals surface area (Å²) in [5.41, 5.74) is 0.922. The minimum absolute atomic E-state index is 0.158. The van der Waals surface area contributed by atoms with Gasteiger partial charge in [-0.25, -0.2) is 4.98 Å². The van der Waals surface area contributed by atoms with Crippen LogP contribution in [0.2, 0.25) is 0 Å². The van der Waals surface area contributed by atoms with Gasteiger partial charge in [-0.05, 0) is 37.8 Å². The Morgan fingerprint density at radius 1 is 1.10 bits per heavy atom. The van der Waals surface area contributed by atoms with Crippen molar-refractivity contribution < 1.29 is 9.47 Å². The largest absolute Gasteiger partial charge is 0.474 e. The Labute approximate surface area is 169 Å². The van der Waals surface area contributed by atoms with E-state index in [2.05, 4.69) is 26.0 Å². The number of hydrogen-bond acceptors (Lipinski definition) is 7. The van der Waals surface area contributed by atoms with E-state index in [9.17, 15) is 0 Å². The highest BCUT2D eigenvalue weighted by Gasteiger charge is 2.27. The van der Waals surface area contributed by atoms with E-state index in [1.807, 2.05) is 25.4 Å². The third kappa shape index (κ3) is 3.89. The molecule has 0 amide bonds. The number of rotatable bonds is 4. The van der Waals surface area contributed by atoms with Crippen LogP contribution in [0.3, 0.4) is 0 Å². The molecule has 1 saturated carbocycles. The highest BCUT2D eigenvalue weighted by molar-refractivity contribution is 5.85. The normalized spacial score (nSPS) is 22.7. The molecule has 0 bridgehead atoms. The maximum Gasteiger partial charge on any atom is 0.225 e. The third-order valence-electron chi connectivity index (χ3n) is 5.82. The van der Waals surface area contributed by atoms with Crippen LogP contribution in [0.5, 0.6) is 5.88 Å². The summed E-state index contributed by atoms with van der Waals surface area (Å²) in [6.45, 7) is 3.13. The summed E-state index contributed by atoms with van der Waals surface area (Å²) in [5, 5.41) is 5.45. The van der Waals surface area contributed by atoms with E-state index >= 15 is 0 Å². The van der Waals surface area contributed by atoms with Gasteiger partial charge in [-0.15, -0.1) is 0 Å². The predicted molar refractivity (Wildman–Crippen MR) is 109 cm³/mol. The molecule has 8 heteroatoms. The van der Waals surface area contributed by atoms with Crippen LogP contribution in [0, 0.1) is 0 Å². The number of pyridine rings is 2. The fourth-order valence-corrected chi connectivity index (χ4v) is 4.22. The maximum atomic E-state index is 6.43. The molecule has 2 fully saturated rings. The molecule has 0 aromatic carbocycles. The van der Waals surface area contributed by atoms with Crippen LogP contribution in [-0.2, 0) is 11.8 Å². The lowest BCUT2D eigenvalue weighted by molar-refractivity contribution is 0.121. The molecule has 0 N–H and O–H groups in total. The van der Waals surface area contributed by atoms with Gasteiger partial charge in [0.1, 0.15) is 18.2 Å². The van der Waals surface area contributed by atoms with Crippen molar-refractivity contribution in [3.8, 4) is 5.88 Å². The van der Waals surface area contributed by atoms with Gasteiger partial charge in [-0.2, -0.15) is 10.1 Å². The third-order valence-corrected chi connectivity index (χ3v) is 5.82. The molecule has 3 aromatic rings. The number of anilines is 1. The summed E-state index contributed by atoms with van der Waals surface area (Å²) in [5.74, 6) is 2.98. The van der Waals surface area contributed by atoms with Gasteiger partial charge in [0.2, 0.25) is 5.88 Å². The zero-order valence-electron chi connectivity index (χ0n) is 16.7. The van der Waals surface area contributed by atoms with Gasteiger partial charge in [0.05, 0.1) is 24.1 Å². The molecular formula is C21H26N6O2. The lowest BCUT2D eigenvalue weighted by Crippen LogP contribution is -2.36. The number of aromatic nitrogens is 5. The Hall–Kier alpha value is -2.74. The summed E-state index contributed by atoms with van der Waals surface area (Å²) >= 11 is 0. The number of aryl methyl sites for hydroxylation is 1. The number of hydrogen-bond donors (Lipinski definition) is 0. The standard InChI is InChI=1S/C21H26N6O2/c1-26-14-23-20(25-26)15-4-6-16(7-5-15)29-21-17-3-2-8-22-18(17)13-19(24-21)27-9-11-28-12-10-27/h2-3,8,13-16H,4-7,9-12H2,1H3. The molecule has 1 saturated heterocycles. The molecule has 4 heterocycles. The number of fused-ring (bicyclic) bond motifs is 1. The summed E-state index contributed by atoms with van der Waals surface area (Å²) in [4.78, 5) is 16.1. The number of ether oxygens (including phenoxy) is 2. The minimum atomic E-state index is 0.158. The smallest absolute Gasteiger partial charge is 0.225 e. The van der Waals surface area contributed by atoms with Crippen LogP contribution in [0.25, 0.3) is 10.9 Å². The van der Waals surface area contributed by atoms with Gasteiger partial charge in [0.15, 0.2) is 5.82 Å². The van der Waals surface area contributed by atoms with Gasteiger partial charge in [-0.1, -0.05) is 0 Å². The summed E-state index contributed by atoms with van der Waals surface area (Å²) in [7, 11) is 1.91. The molecule has 152 valence electrons. The Morgan fingerprint density at radius 3 is 2.69 bits per heavy atom. The second-order valence-corrected chi connectivity index (χ2v) is 7.82. The number of morpholine rings is 1. The molecule has 0 radical (unpaired) electrons. The van der Waals surface area contributed by atoms with Crippen molar-refractivity contribution in [2.75, 3.05) is 31.2 Å². The van der Waals surface area contributed by atoms with Gasteiger partial charge < -0.3 is 14.4 Å². The Balaban J connectivity index is 1.34. The van der Waals surface area contributed by atoms with Crippen molar-refractivity contribution in [1.82, 2.24) is 24.7 Å². The van der Waals surface area contributed by atoms with Gasteiger partial charge in [0, 0.05) is 38.3 Å². The Morgan fingerprint density at radius 2 is 1.93 bits per heavy atom. The molecule has 1 aliphatic heterocycles. The summed E-state index contributed by atoms with van der Waals surface area (Å²) in [6, 6.07) is 6.03. The maximum absolute atomic E-state index is 6.43. The van der Waals surface area contributed by atoms with E-state index in [-0.39, 0.29) is 6.10 Å². The highest BCUT2D eigenvalue weighted by atomic mass is 16.5. The predicted octanol–water partition coefficient (Wildman–Crippen LogP) is 2.70. The van der Waals surface area contributed by atoms with Crippen LogP contribution in [0.15, 0.2) is 30.7 Å². The molecule has 2 aliphatic rings. The van der Waals surface area contributed by atoms with Gasteiger partial charge in [0.25, 0.3) is 0 Å². The second-order valence-electron chi connectivity index (χ2n) is 7.82. The molecule has 0 spiro atoms. The fraction of sp³-hybridized carbons (Fsp3) is 0.524. The van der Waals surface area contributed by atoms with Crippen LogP contribution in [-0.4, -0.2) is 57.1 Å². The average Bonchev–Trinajstić information content (AvgIpc) is 3.21. The minimum Gasteiger partial charge on any atom is -0.474 e. The van der Waals surface area contributed by atoms with Crippen molar-refractivity contribution >= 4 is 16.7 Å². The lowest BCUT2D eigenvalue weighted by atomic mass is 9.87. The van der Waals surface area contributed by atoms with Gasteiger partial charge in [-0.3, -0.25) is 9.67 Å². The fourth-order valence-electron chi connectivity index (χ4n) is 4.22. The van der Waals surface area contributed by atoms with Gasteiger partial charge >= 0.3 is 0 Å². The molecule has 0 atom stereocenters. The van der Waals surface area contributed by atoms with E-state index < -0.39 is 0 Å². The summed E-state index contributed by atoms with van der Waals surface area (Å²) in [6.07, 6.45) is 7.79. The zero-order chi connectivity index (χ0) is 19.6. The van der Waals surface area contributed by atoms with E-state index in [0.717, 1.165) is 74.5 Å². The van der Waals surface area contributed by atoms with E-state index in [1.165, 1.54) is 0 Å². The molecular weight excluding hydrogens is 368 g/mol. The lowest BCUT2D eigenvalue weighted by Gasteiger charge is -2.30. The van der Waals surface area contributed by atoms with Crippen molar-refractivity contribution in [1.29, 1.82) is 0 Å². The molecule has 1 aliphatic carbocycles. The van der Waals surface area contributed by atoms with Crippen molar-refractivity contribution in [3.05, 3.63) is 36.5 Å².